The molecule has 0 saturated heterocycles. The van der Waals surface area contributed by atoms with Crippen molar-refractivity contribution in [3.63, 3.8) is 0 Å². The monoisotopic (exact) mass is 420 g/mol. The van der Waals surface area contributed by atoms with Gasteiger partial charge in [-0.3, -0.25) is 9.65 Å². The first-order chi connectivity index (χ1) is 14.0. The zero-order chi connectivity index (χ0) is 20.5. The van der Waals surface area contributed by atoms with Crippen LogP contribution in [0.4, 0.5) is 13.2 Å². The summed E-state index contributed by atoms with van der Waals surface area (Å²) >= 11 is -2.29. The molecule has 0 amide bonds. The quantitative estimate of drug-likeness (QED) is 0.408. The predicted molar refractivity (Wildman–Crippen MR) is 104 cm³/mol. The van der Waals surface area contributed by atoms with Crippen molar-refractivity contribution in [2.75, 3.05) is 6.54 Å². The molecule has 2 aromatic heterocycles. The molecule has 150 valence electrons. The van der Waals surface area contributed by atoms with E-state index in [-0.39, 0.29) is 29.7 Å². The highest BCUT2D eigenvalue weighted by Crippen LogP contribution is 2.35. The summed E-state index contributed by atoms with van der Waals surface area (Å²) < 4.78 is 65.3. The number of rotatable bonds is 6. The fourth-order valence-corrected chi connectivity index (χ4v) is 3.58. The number of halogens is 3. The molecule has 4 aromatic rings. The third kappa shape index (κ3) is 3.74. The lowest BCUT2D eigenvalue weighted by molar-refractivity contribution is 0.314. The van der Waals surface area contributed by atoms with Crippen molar-refractivity contribution in [1.29, 1.82) is 0 Å². The van der Waals surface area contributed by atoms with Crippen molar-refractivity contribution in [2.45, 2.75) is 12.6 Å². The minimum absolute atomic E-state index is 0.140. The fourth-order valence-electron chi connectivity index (χ4n) is 3.28. The maximum Gasteiger partial charge on any atom is 0.231 e. The summed E-state index contributed by atoms with van der Waals surface area (Å²) in [7, 11) is 0. The maximum atomic E-state index is 15.0. The van der Waals surface area contributed by atoms with Crippen LogP contribution in [0.1, 0.15) is 18.2 Å². The molecule has 2 aromatic carbocycles. The van der Waals surface area contributed by atoms with Crippen LogP contribution in [-0.2, 0) is 11.3 Å². The zero-order valence-electron chi connectivity index (χ0n) is 14.8. The van der Waals surface area contributed by atoms with Crippen molar-refractivity contribution in [3.05, 3.63) is 59.9 Å². The Hall–Kier alpha value is -2.82. The van der Waals surface area contributed by atoms with Crippen molar-refractivity contribution < 1.29 is 21.9 Å². The SMILES string of the molecule is O=S(O)NCCC(F)c1ccc(F)c(-c2ccc3c(cnc4[nH]ncc43)c2)c1F. The minimum atomic E-state index is -2.29. The van der Waals surface area contributed by atoms with Gasteiger partial charge in [0, 0.05) is 29.1 Å². The Morgan fingerprint density at radius 1 is 1.17 bits per heavy atom. The lowest BCUT2D eigenvalue weighted by Gasteiger charge is -2.14. The molecule has 4 rings (SSSR count). The molecule has 2 atom stereocenters. The van der Waals surface area contributed by atoms with E-state index in [1.165, 1.54) is 0 Å². The van der Waals surface area contributed by atoms with E-state index < -0.39 is 29.1 Å². The van der Waals surface area contributed by atoms with Crippen LogP contribution in [-0.4, -0.2) is 30.5 Å². The van der Waals surface area contributed by atoms with Gasteiger partial charge in [-0.25, -0.2) is 27.1 Å². The molecule has 10 heteroatoms. The molecule has 2 unspecified atom stereocenters. The van der Waals surface area contributed by atoms with E-state index in [9.17, 15) is 13.0 Å². The van der Waals surface area contributed by atoms with Crippen molar-refractivity contribution in [2.24, 2.45) is 0 Å². The summed E-state index contributed by atoms with van der Waals surface area (Å²) in [6.45, 7) is -0.140. The van der Waals surface area contributed by atoms with Crippen molar-refractivity contribution in [1.82, 2.24) is 19.9 Å². The predicted octanol–water partition coefficient (Wildman–Crippen LogP) is 4.18. The van der Waals surface area contributed by atoms with Gasteiger partial charge in [0.1, 0.15) is 17.8 Å². The van der Waals surface area contributed by atoms with Gasteiger partial charge in [-0.15, -0.1) is 0 Å². The van der Waals surface area contributed by atoms with Crippen molar-refractivity contribution in [3.8, 4) is 11.1 Å². The molecule has 0 aliphatic heterocycles. The maximum absolute atomic E-state index is 15.0. The average Bonchev–Trinajstić information content (AvgIpc) is 3.16. The van der Waals surface area contributed by atoms with E-state index in [1.807, 2.05) is 0 Å². The second kappa shape index (κ2) is 7.90. The standard InChI is InChI=1S/C19H15F3N4O2S/c20-15(5-6-25-29(27)28)13-3-4-16(21)17(18(13)22)10-1-2-12-11(7-10)8-23-19-14(12)9-24-26-19/h1-4,7-9,15,25H,5-6H2,(H,27,28)(H,23,24,26). The Morgan fingerprint density at radius 3 is 2.79 bits per heavy atom. The van der Waals surface area contributed by atoms with E-state index in [0.29, 0.717) is 11.0 Å². The molecular formula is C19H15F3N4O2S. The molecule has 6 nitrogen and oxygen atoms in total. The first-order valence-electron chi connectivity index (χ1n) is 8.64. The summed E-state index contributed by atoms with van der Waals surface area (Å²) in [6, 6.07) is 6.92. The van der Waals surface area contributed by atoms with E-state index in [1.54, 1.807) is 30.6 Å². The summed E-state index contributed by atoms with van der Waals surface area (Å²) in [5, 5.41) is 8.95. The minimum Gasteiger partial charge on any atom is -0.294 e. The number of hydrogen-bond acceptors (Lipinski definition) is 3. The normalized spacial score (nSPS) is 13.8. The molecule has 0 aliphatic carbocycles. The molecule has 0 spiro atoms. The lowest BCUT2D eigenvalue weighted by Crippen LogP contribution is -2.19. The first-order valence-corrected chi connectivity index (χ1v) is 9.75. The number of H-pyrrole nitrogens is 1. The Balaban J connectivity index is 1.74. The summed E-state index contributed by atoms with van der Waals surface area (Å²) in [6.07, 6.45) is 1.18. The van der Waals surface area contributed by atoms with Gasteiger partial charge in [0.15, 0.2) is 5.65 Å². The van der Waals surface area contributed by atoms with E-state index in [4.69, 9.17) is 4.55 Å². The summed E-state index contributed by atoms with van der Waals surface area (Å²) in [5.41, 5.74) is 0.205. The highest BCUT2D eigenvalue weighted by molar-refractivity contribution is 7.77. The molecule has 0 radical (unpaired) electrons. The van der Waals surface area contributed by atoms with Crippen LogP contribution >= 0.6 is 0 Å². The largest absolute Gasteiger partial charge is 0.294 e. The number of benzene rings is 2. The van der Waals surface area contributed by atoms with Crippen LogP contribution < -0.4 is 4.72 Å². The zero-order valence-corrected chi connectivity index (χ0v) is 15.6. The molecule has 3 N–H and O–H groups in total. The molecule has 2 heterocycles. The summed E-state index contributed by atoms with van der Waals surface area (Å²) in [5.74, 6) is -1.82. The number of nitrogens with one attached hydrogen (secondary N) is 2. The van der Waals surface area contributed by atoms with Gasteiger partial charge >= 0.3 is 0 Å². The van der Waals surface area contributed by atoms with Gasteiger partial charge in [-0.1, -0.05) is 18.2 Å². The van der Waals surface area contributed by atoms with Gasteiger partial charge in [-0.2, -0.15) is 5.10 Å². The topological polar surface area (TPSA) is 90.9 Å². The van der Waals surface area contributed by atoms with Crippen LogP contribution in [0.25, 0.3) is 32.9 Å². The van der Waals surface area contributed by atoms with Crippen molar-refractivity contribution >= 4 is 33.1 Å². The Kier molecular flexibility index (Phi) is 5.31. The van der Waals surface area contributed by atoms with E-state index in [2.05, 4.69) is 19.9 Å². The smallest absolute Gasteiger partial charge is 0.231 e. The van der Waals surface area contributed by atoms with E-state index >= 15 is 4.39 Å². The van der Waals surface area contributed by atoms with E-state index in [0.717, 1.165) is 22.9 Å². The third-order valence-electron chi connectivity index (χ3n) is 4.66. The van der Waals surface area contributed by atoms with Gasteiger partial charge in [-0.05, 0) is 29.5 Å². The number of pyridine rings is 1. The number of alkyl halides is 1. The molecular weight excluding hydrogens is 405 g/mol. The molecule has 29 heavy (non-hydrogen) atoms. The third-order valence-corrected chi connectivity index (χ3v) is 5.12. The Morgan fingerprint density at radius 2 is 2.00 bits per heavy atom. The number of aromatic nitrogens is 3. The summed E-state index contributed by atoms with van der Waals surface area (Å²) in [4.78, 5) is 4.22. The lowest BCUT2D eigenvalue weighted by atomic mass is 9.96. The molecule has 0 bridgehead atoms. The van der Waals surface area contributed by atoms with Gasteiger partial charge in [0.25, 0.3) is 0 Å². The van der Waals surface area contributed by atoms with Gasteiger partial charge in [0.05, 0.1) is 11.8 Å². The second-order valence-corrected chi connectivity index (χ2v) is 7.20. The highest BCUT2D eigenvalue weighted by atomic mass is 32.2. The van der Waals surface area contributed by atoms with Gasteiger partial charge in [0.2, 0.25) is 11.3 Å². The number of fused-ring (bicyclic) bond motifs is 3. The first kappa shape index (κ1) is 19.5. The number of hydrogen-bond donors (Lipinski definition) is 3. The highest BCUT2D eigenvalue weighted by Gasteiger charge is 2.22. The molecule has 0 aliphatic rings. The Labute approximate surface area is 165 Å². The second-order valence-electron chi connectivity index (χ2n) is 6.42. The Bertz CT molecular complexity index is 1230. The molecule has 0 fully saturated rings. The molecule has 0 saturated carbocycles. The van der Waals surface area contributed by atoms with Gasteiger partial charge < -0.3 is 0 Å². The fraction of sp³-hybridized carbons (Fsp3) is 0.158. The average molecular weight is 420 g/mol. The number of nitrogens with zero attached hydrogens (tertiary/aromatic N) is 2. The van der Waals surface area contributed by atoms with Crippen LogP contribution in [0.3, 0.4) is 0 Å². The van der Waals surface area contributed by atoms with Crippen LogP contribution in [0.15, 0.2) is 42.7 Å². The van der Waals surface area contributed by atoms with Crippen LogP contribution in [0.5, 0.6) is 0 Å². The number of aromatic amines is 1. The van der Waals surface area contributed by atoms with Crippen LogP contribution in [0.2, 0.25) is 0 Å². The van der Waals surface area contributed by atoms with Crippen LogP contribution in [0, 0.1) is 11.6 Å².